The third kappa shape index (κ3) is 3.22. The number of rotatable bonds is 3. The maximum atomic E-state index is 13.0. The van der Waals surface area contributed by atoms with E-state index in [-0.39, 0.29) is 11.5 Å². The van der Waals surface area contributed by atoms with Gasteiger partial charge in [0.15, 0.2) is 0 Å². The summed E-state index contributed by atoms with van der Waals surface area (Å²) in [6, 6.07) is 4.83. The summed E-state index contributed by atoms with van der Waals surface area (Å²) >= 11 is 0. The summed E-state index contributed by atoms with van der Waals surface area (Å²) in [4.78, 5) is 11.6. The van der Waals surface area contributed by atoms with Gasteiger partial charge >= 0.3 is 12.1 Å². The summed E-state index contributed by atoms with van der Waals surface area (Å²) < 4.78 is 39.0. The number of nitriles is 1. The maximum Gasteiger partial charge on any atom is 0.417 e. The van der Waals surface area contributed by atoms with Crippen molar-refractivity contribution >= 4 is 5.97 Å². The Balaban J connectivity index is 2.53. The highest BCUT2D eigenvalue weighted by Gasteiger charge is 2.38. The van der Waals surface area contributed by atoms with Crippen molar-refractivity contribution in [1.29, 1.82) is 5.26 Å². The Bertz CT molecular complexity index is 602. The van der Waals surface area contributed by atoms with Crippen LogP contribution in [0.4, 0.5) is 13.2 Å². The van der Waals surface area contributed by atoms with Gasteiger partial charge in [0.1, 0.15) is 6.07 Å². The number of hydrogen-bond donors (Lipinski definition) is 2. The van der Waals surface area contributed by atoms with E-state index in [0.29, 0.717) is 25.9 Å². The van der Waals surface area contributed by atoms with Gasteiger partial charge < -0.3 is 10.4 Å². The largest absolute Gasteiger partial charge is 0.481 e. The zero-order valence-corrected chi connectivity index (χ0v) is 11.7. The summed E-state index contributed by atoms with van der Waals surface area (Å²) in [6.07, 6.45) is -3.57. The molecule has 4 nitrogen and oxygen atoms in total. The quantitative estimate of drug-likeness (QED) is 0.900. The van der Waals surface area contributed by atoms with Crippen LogP contribution in [0.1, 0.15) is 35.4 Å². The molecule has 2 N–H and O–H groups in total. The number of aliphatic carboxylic acids is 1. The van der Waals surface area contributed by atoms with Crippen molar-refractivity contribution in [3.05, 3.63) is 34.9 Å². The highest BCUT2D eigenvalue weighted by molar-refractivity contribution is 5.78. The van der Waals surface area contributed by atoms with Gasteiger partial charge in [-0.15, -0.1) is 0 Å². The third-order valence-corrected chi connectivity index (χ3v) is 3.97. The van der Waals surface area contributed by atoms with Crippen molar-refractivity contribution < 1.29 is 23.1 Å². The van der Waals surface area contributed by atoms with E-state index in [0.717, 1.165) is 12.1 Å². The molecule has 118 valence electrons. The van der Waals surface area contributed by atoms with Crippen molar-refractivity contribution in [2.45, 2.75) is 24.9 Å². The van der Waals surface area contributed by atoms with Crippen LogP contribution in [0.3, 0.4) is 0 Å². The van der Waals surface area contributed by atoms with Crippen LogP contribution in [0.2, 0.25) is 0 Å². The molecule has 1 unspecified atom stereocenters. The monoisotopic (exact) mass is 312 g/mol. The summed E-state index contributed by atoms with van der Waals surface area (Å²) in [6.45, 7) is 1.24. The second-order valence-corrected chi connectivity index (χ2v) is 5.28. The van der Waals surface area contributed by atoms with Gasteiger partial charge in [0.25, 0.3) is 0 Å². The molecular formula is C15H15F3N2O2. The Morgan fingerprint density at radius 1 is 1.36 bits per heavy atom. The summed E-state index contributed by atoms with van der Waals surface area (Å²) in [5, 5.41) is 21.7. The van der Waals surface area contributed by atoms with Crippen molar-refractivity contribution in [3.63, 3.8) is 0 Å². The first-order chi connectivity index (χ1) is 10.4. The molecule has 1 saturated heterocycles. The number of piperidine rings is 1. The van der Waals surface area contributed by atoms with E-state index in [1.807, 2.05) is 0 Å². The zero-order valence-electron chi connectivity index (χ0n) is 11.7. The van der Waals surface area contributed by atoms with Crippen LogP contribution in [-0.2, 0) is 11.0 Å². The number of hydrogen-bond acceptors (Lipinski definition) is 3. The first-order valence-corrected chi connectivity index (χ1v) is 6.90. The summed E-state index contributed by atoms with van der Waals surface area (Å²) in [7, 11) is 0. The van der Waals surface area contributed by atoms with E-state index in [2.05, 4.69) is 5.32 Å². The summed E-state index contributed by atoms with van der Waals surface area (Å²) in [5.41, 5.74) is -1.70. The van der Waals surface area contributed by atoms with E-state index < -0.39 is 29.2 Å². The maximum absolute atomic E-state index is 13.0. The molecule has 1 atom stereocenters. The lowest BCUT2D eigenvalue weighted by Crippen LogP contribution is -2.34. The average Bonchev–Trinajstić information content (AvgIpc) is 2.47. The minimum Gasteiger partial charge on any atom is -0.481 e. The van der Waals surface area contributed by atoms with E-state index in [1.165, 1.54) is 6.07 Å². The molecule has 0 amide bonds. The number of benzene rings is 1. The molecule has 0 spiro atoms. The number of nitrogens with one attached hydrogen (secondary N) is 1. The van der Waals surface area contributed by atoms with Gasteiger partial charge in [-0.05, 0) is 43.5 Å². The molecule has 1 aromatic carbocycles. The smallest absolute Gasteiger partial charge is 0.417 e. The topological polar surface area (TPSA) is 73.1 Å². The fourth-order valence-electron chi connectivity index (χ4n) is 2.96. The van der Waals surface area contributed by atoms with Gasteiger partial charge in [0.05, 0.1) is 17.0 Å². The molecule has 1 aliphatic heterocycles. The molecule has 0 saturated carbocycles. The van der Waals surface area contributed by atoms with Crippen molar-refractivity contribution in [3.8, 4) is 6.07 Å². The number of carboxylic acid groups (broad SMARTS) is 1. The van der Waals surface area contributed by atoms with E-state index in [9.17, 15) is 23.1 Å². The van der Waals surface area contributed by atoms with Crippen molar-refractivity contribution in [2.75, 3.05) is 13.1 Å². The van der Waals surface area contributed by atoms with Crippen LogP contribution in [0, 0.1) is 17.2 Å². The van der Waals surface area contributed by atoms with Crippen LogP contribution in [0.5, 0.6) is 0 Å². The van der Waals surface area contributed by atoms with E-state index >= 15 is 0 Å². The zero-order chi connectivity index (χ0) is 16.3. The van der Waals surface area contributed by atoms with Crippen LogP contribution < -0.4 is 5.32 Å². The summed E-state index contributed by atoms with van der Waals surface area (Å²) in [5.74, 6) is -2.57. The van der Waals surface area contributed by atoms with E-state index in [1.54, 1.807) is 6.07 Å². The van der Waals surface area contributed by atoms with Crippen LogP contribution in [-0.4, -0.2) is 24.2 Å². The second kappa shape index (κ2) is 6.36. The number of halogens is 3. The lowest BCUT2D eigenvalue weighted by molar-refractivity contribution is -0.141. The molecule has 1 fully saturated rings. The Hall–Kier alpha value is -2.07. The molecule has 2 rings (SSSR count). The minimum atomic E-state index is -4.68. The lowest BCUT2D eigenvalue weighted by Gasteiger charge is -2.29. The first kappa shape index (κ1) is 16.3. The molecule has 1 heterocycles. The predicted octanol–water partition coefficient (Wildman–Crippen LogP) is 2.74. The van der Waals surface area contributed by atoms with E-state index in [4.69, 9.17) is 5.26 Å². The number of carbonyl (C=O) groups is 1. The number of carboxylic acids is 1. The lowest BCUT2D eigenvalue weighted by atomic mass is 9.78. The minimum absolute atomic E-state index is 0.0447. The van der Waals surface area contributed by atoms with Crippen molar-refractivity contribution in [2.24, 2.45) is 5.92 Å². The molecule has 0 radical (unpaired) electrons. The highest BCUT2D eigenvalue weighted by atomic mass is 19.4. The standard InChI is InChI=1S/C15H15F3N2O2/c16-15(17,18)12-3-1-2-10(11(12)8-19)13(14(21)22)9-4-6-20-7-5-9/h1-3,9,13,20H,4-7H2,(H,21,22). The van der Waals surface area contributed by atoms with Crippen LogP contribution >= 0.6 is 0 Å². The molecule has 1 aromatic rings. The first-order valence-electron chi connectivity index (χ1n) is 6.90. The van der Waals surface area contributed by atoms with Gasteiger partial charge in [0, 0.05) is 0 Å². The van der Waals surface area contributed by atoms with Gasteiger partial charge in [-0.25, -0.2) is 0 Å². The second-order valence-electron chi connectivity index (χ2n) is 5.28. The van der Waals surface area contributed by atoms with Crippen LogP contribution in [0.15, 0.2) is 18.2 Å². The molecular weight excluding hydrogens is 297 g/mol. The van der Waals surface area contributed by atoms with Gasteiger partial charge in [-0.3, -0.25) is 4.79 Å². The van der Waals surface area contributed by atoms with Gasteiger partial charge in [-0.1, -0.05) is 12.1 Å². The van der Waals surface area contributed by atoms with Gasteiger partial charge in [-0.2, -0.15) is 18.4 Å². The normalized spacial score (nSPS) is 17.7. The fraction of sp³-hybridized carbons (Fsp3) is 0.467. The Morgan fingerprint density at radius 2 is 2.00 bits per heavy atom. The molecule has 22 heavy (non-hydrogen) atoms. The number of nitrogens with zero attached hydrogens (tertiary/aromatic N) is 1. The SMILES string of the molecule is N#Cc1c(C(C(=O)O)C2CCNCC2)cccc1C(F)(F)F. The molecule has 0 aromatic heterocycles. The third-order valence-electron chi connectivity index (χ3n) is 3.97. The fourth-order valence-corrected chi connectivity index (χ4v) is 2.96. The van der Waals surface area contributed by atoms with Gasteiger partial charge in [0.2, 0.25) is 0 Å². The average molecular weight is 312 g/mol. The highest BCUT2D eigenvalue weighted by Crippen LogP contribution is 2.38. The molecule has 0 aliphatic carbocycles. The van der Waals surface area contributed by atoms with Crippen LogP contribution in [0.25, 0.3) is 0 Å². The van der Waals surface area contributed by atoms with Crippen molar-refractivity contribution in [1.82, 2.24) is 5.32 Å². The Kier molecular flexibility index (Phi) is 4.71. The molecule has 0 bridgehead atoms. The number of alkyl halides is 3. The predicted molar refractivity (Wildman–Crippen MR) is 72.1 cm³/mol. The Morgan fingerprint density at radius 3 is 2.50 bits per heavy atom. The molecule has 7 heteroatoms. The molecule has 1 aliphatic rings. The Labute approximate surface area is 125 Å².